The second-order valence-corrected chi connectivity index (χ2v) is 2.23. The van der Waals surface area contributed by atoms with E-state index < -0.39 is 6.23 Å². The Labute approximate surface area is 71.4 Å². The smallest absolute Gasteiger partial charge is 0.294 e. The summed E-state index contributed by atoms with van der Waals surface area (Å²) in [5.74, 6) is 0. The minimum atomic E-state index is -0.537. The lowest BCUT2D eigenvalue weighted by Crippen LogP contribution is -2.18. The van der Waals surface area contributed by atoms with Crippen LogP contribution < -0.4 is 5.32 Å². The molecule has 0 heterocycles. The first-order valence-corrected chi connectivity index (χ1v) is 3.56. The van der Waals surface area contributed by atoms with Gasteiger partial charge in [0, 0.05) is 12.6 Å². The van der Waals surface area contributed by atoms with Gasteiger partial charge in [-0.2, -0.15) is 0 Å². The van der Waals surface area contributed by atoms with E-state index in [-0.39, 0.29) is 0 Å². The van der Waals surface area contributed by atoms with Crippen molar-refractivity contribution in [2.75, 3.05) is 5.32 Å². The van der Waals surface area contributed by atoms with Crippen molar-refractivity contribution in [2.45, 2.75) is 6.23 Å². The van der Waals surface area contributed by atoms with Gasteiger partial charge in [-0.25, -0.2) is 0 Å². The molecule has 0 saturated heterocycles. The Bertz CT molecular complexity index is 236. The van der Waals surface area contributed by atoms with Gasteiger partial charge in [0.15, 0.2) is 6.23 Å². The Hall–Kier alpha value is -1.51. The molecule has 0 spiro atoms. The Kier molecular flexibility index (Phi) is 3.14. The number of nitrogens with one attached hydrogen (secondary N) is 1. The molecule has 1 aromatic rings. The predicted molar refractivity (Wildman–Crippen MR) is 46.4 cm³/mol. The van der Waals surface area contributed by atoms with Crippen LogP contribution in [0.2, 0.25) is 0 Å². The monoisotopic (exact) mass is 164 g/mol. The number of anilines is 1. The third-order valence-electron chi connectivity index (χ3n) is 1.32. The summed E-state index contributed by atoms with van der Waals surface area (Å²) in [6, 6.07) is 9.41. The summed E-state index contributed by atoms with van der Waals surface area (Å²) in [6.07, 6.45) is -0.537. The highest BCUT2D eigenvalue weighted by Crippen LogP contribution is 2.06. The maximum atomic E-state index is 9.90. The second-order valence-electron chi connectivity index (χ2n) is 2.23. The number of benzene rings is 1. The number of rotatable bonds is 4. The first-order valence-electron chi connectivity index (χ1n) is 3.56. The lowest BCUT2D eigenvalue weighted by atomic mass is 10.3. The molecule has 3 nitrogen and oxygen atoms in total. The molecule has 0 aliphatic rings. The predicted octanol–water partition coefficient (Wildman–Crippen LogP) is 1.43. The summed E-state index contributed by atoms with van der Waals surface area (Å²) >= 11 is 0. The molecule has 1 N–H and O–H groups in total. The number of carbonyl (C=O) groups is 1. The molecule has 1 rings (SSSR count). The van der Waals surface area contributed by atoms with Crippen molar-refractivity contribution in [3.63, 3.8) is 0 Å². The van der Waals surface area contributed by atoms with Crippen LogP contribution >= 0.6 is 0 Å². The molecular formula is C9H10NO2. The minimum Gasteiger partial charge on any atom is -0.444 e. The van der Waals surface area contributed by atoms with Crippen molar-refractivity contribution < 1.29 is 9.53 Å². The van der Waals surface area contributed by atoms with Crippen LogP contribution in [-0.2, 0) is 9.53 Å². The van der Waals surface area contributed by atoms with Crippen molar-refractivity contribution in [3.05, 3.63) is 37.3 Å². The molecule has 0 saturated carbocycles. The van der Waals surface area contributed by atoms with Gasteiger partial charge in [-0.15, -0.1) is 0 Å². The van der Waals surface area contributed by atoms with Crippen molar-refractivity contribution in [1.82, 2.24) is 0 Å². The Balaban J connectivity index is 2.46. The quantitative estimate of drug-likeness (QED) is 0.540. The van der Waals surface area contributed by atoms with Crippen LogP contribution in [-0.4, -0.2) is 12.7 Å². The van der Waals surface area contributed by atoms with E-state index in [1.54, 1.807) is 0 Å². The summed E-state index contributed by atoms with van der Waals surface area (Å²) in [5.41, 5.74) is 0.874. The van der Waals surface area contributed by atoms with Gasteiger partial charge in [0.25, 0.3) is 6.47 Å². The fraction of sp³-hybridized carbons (Fsp3) is 0.111. The topological polar surface area (TPSA) is 38.3 Å². The number of carbonyl (C=O) groups excluding carboxylic acids is 1. The van der Waals surface area contributed by atoms with Crippen LogP contribution in [0, 0.1) is 6.92 Å². The van der Waals surface area contributed by atoms with Gasteiger partial charge in [0.05, 0.1) is 0 Å². The van der Waals surface area contributed by atoms with Crippen LogP contribution in [0.15, 0.2) is 30.3 Å². The Morgan fingerprint density at radius 1 is 1.42 bits per heavy atom. The first kappa shape index (κ1) is 8.59. The van der Waals surface area contributed by atoms with Gasteiger partial charge in [0.2, 0.25) is 0 Å². The van der Waals surface area contributed by atoms with E-state index >= 15 is 0 Å². The zero-order valence-electron chi connectivity index (χ0n) is 6.57. The van der Waals surface area contributed by atoms with E-state index in [4.69, 9.17) is 0 Å². The molecular weight excluding hydrogens is 154 g/mol. The molecule has 0 amide bonds. The van der Waals surface area contributed by atoms with E-state index in [1.165, 1.54) is 0 Å². The van der Waals surface area contributed by atoms with E-state index in [0.717, 1.165) is 5.69 Å². The summed E-state index contributed by atoms with van der Waals surface area (Å²) in [6.45, 7) is 3.93. The summed E-state index contributed by atoms with van der Waals surface area (Å²) in [4.78, 5) is 9.90. The maximum Gasteiger partial charge on any atom is 0.294 e. The van der Waals surface area contributed by atoms with Gasteiger partial charge < -0.3 is 10.1 Å². The van der Waals surface area contributed by atoms with Crippen LogP contribution in [0.4, 0.5) is 5.69 Å². The van der Waals surface area contributed by atoms with Crippen LogP contribution in [0.25, 0.3) is 0 Å². The molecule has 1 atom stereocenters. The Morgan fingerprint density at radius 2 is 2.08 bits per heavy atom. The van der Waals surface area contributed by atoms with Gasteiger partial charge in [-0.3, -0.25) is 4.79 Å². The standard InChI is InChI=1S/C9H10NO2/c1-8(12-7-11)10-9-5-3-2-4-6-9/h2-8,10H,1H2. The lowest BCUT2D eigenvalue weighted by Gasteiger charge is -2.12. The van der Waals surface area contributed by atoms with E-state index in [9.17, 15) is 4.79 Å². The van der Waals surface area contributed by atoms with E-state index in [2.05, 4.69) is 17.0 Å². The van der Waals surface area contributed by atoms with Crippen molar-refractivity contribution in [2.24, 2.45) is 0 Å². The highest BCUT2D eigenvalue weighted by Gasteiger charge is 1.98. The number of para-hydroxylation sites is 1. The van der Waals surface area contributed by atoms with E-state index in [0.29, 0.717) is 6.47 Å². The maximum absolute atomic E-state index is 9.90. The van der Waals surface area contributed by atoms with Crippen molar-refractivity contribution >= 4 is 12.2 Å². The molecule has 0 aliphatic heterocycles. The number of ether oxygens (including phenoxy) is 1. The van der Waals surface area contributed by atoms with Gasteiger partial charge in [-0.05, 0) is 12.1 Å². The minimum absolute atomic E-state index is 0.369. The van der Waals surface area contributed by atoms with Gasteiger partial charge in [-0.1, -0.05) is 18.2 Å². The third kappa shape index (κ3) is 2.62. The molecule has 12 heavy (non-hydrogen) atoms. The molecule has 1 aromatic carbocycles. The molecule has 0 aromatic heterocycles. The number of hydrogen-bond acceptors (Lipinski definition) is 3. The zero-order chi connectivity index (χ0) is 8.81. The van der Waals surface area contributed by atoms with Gasteiger partial charge >= 0.3 is 0 Å². The normalized spacial score (nSPS) is 11.8. The second kappa shape index (κ2) is 4.38. The SMILES string of the molecule is [CH2]C(Nc1ccccc1)OC=O. The highest BCUT2D eigenvalue weighted by molar-refractivity contribution is 5.45. The molecule has 63 valence electrons. The highest BCUT2D eigenvalue weighted by atomic mass is 16.5. The van der Waals surface area contributed by atoms with Crippen molar-refractivity contribution in [3.8, 4) is 0 Å². The average Bonchev–Trinajstić information content (AvgIpc) is 2.06. The largest absolute Gasteiger partial charge is 0.444 e. The van der Waals surface area contributed by atoms with Gasteiger partial charge in [0.1, 0.15) is 0 Å². The van der Waals surface area contributed by atoms with Crippen LogP contribution in [0.1, 0.15) is 0 Å². The Morgan fingerprint density at radius 3 is 2.67 bits per heavy atom. The summed E-state index contributed by atoms with van der Waals surface area (Å²) in [5, 5.41) is 2.88. The summed E-state index contributed by atoms with van der Waals surface area (Å²) < 4.78 is 4.54. The van der Waals surface area contributed by atoms with Crippen LogP contribution in [0.5, 0.6) is 0 Å². The molecule has 1 radical (unpaired) electrons. The third-order valence-corrected chi connectivity index (χ3v) is 1.32. The molecule has 0 fully saturated rings. The molecule has 0 aliphatic carbocycles. The van der Waals surface area contributed by atoms with Crippen LogP contribution in [0.3, 0.4) is 0 Å². The molecule has 3 heteroatoms. The fourth-order valence-electron chi connectivity index (χ4n) is 0.821. The lowest BCUT2D eigenvalue weighted by molar-refractivity contribution is -0.130. The summed E-state index contributed by atoms with van der Waals surface area (Å²) in [7, 11) is 0. The fourth-order valence-corrected chi connectivity index (χ4v) is 0.821. The molecule has 1 unspecified atom stereocenters. The average molecular weight is 164 g/mol. The number of hydrogen-bond donors (Lipinski definition) is 1. The molecule has 0 bridgehead atoms. The first-order chi connectivity index (χ1) is 5.83. The van der Waals surface area contributed by atoms with Crippen molar-refractivity contribution in [1.29, 1.82) is 0 Å². The zero-order valence-corrected chi connectivity index (χ0v) is 6.57. The van der Waals surface area contributed by atoms with E-state index in [1.807, 2.05) is 30.3 Å².